The number of rotatable bonds is 6. The predicted octanol–water partition coefficient (Wildman–Crippen LogP) is 0.834. The molecule has 0 saturated carbocycles. The molecule has 0 fully saturated rings. The molecule has 1 aromatic rings. The van der Waals surface area contributed by atoms with Gasteiger partial charge < -0.3 is 5.43 Å². The highest BCUT2D eigenvalue weighted by Crippen LogP contribution is 2.18. The van der Waals surface area contributed by atoms with Gasteiger partial charge in [0.1, 0.15) is 4.90 Å². The Morgan fingerprint density at radius 3 is 2.59 bits per heavy atom. The van der Waals surface area contributed by atoms with E-state index in [-0.39, 0.29) is 10.9 Å². The Kier molecular flexibility index (Phi) is 4.86. The van der Waals surface area contributed by atoms with E-state index in [0.29, 0.717) is 5.69 Å². The van der Waals surface area contributed by atoms with Crippen LogP contribution in [0.1, 0.15) is 26.7 Å². The van der Waals surface area contributed by atoms with Crippen LogP contribution in [0.2, 0.25) is 0 Å². The van der Waals surface area contributed by atoms with Gasteiger partial charge in [-0.1, -0.05) is 13.8 Å². The molecule has 4 N–H and O–H groups in total. The van der Waals surface area contributed by atoms with E-state index >= 15 is 0 Å². The number of hydrogen-bond donors (Lipinski definition) is 3. The van der Waals surface area contributed by atoms with E-state index in [2.05, 4.69) is 15.1 Å². The summed E-state index contributed by atoms with van der Waals surface area (Å²) >= 11 is 0. The van der Waals surface area contributed by atoms with Crippen LogP contribution in [0.4, 0.5) is 5.69 Å². The van der Waals surface area contributed by atoms with Crippen molar-refractivity contribution in [3.63, 3.8) is 0 Å². The van der Waals surface area contributed by atoms with Crippen LogP contribution in [0.3, 0.4) is 0 Å². The van der Waals surface area contributed by atoms with E-state index in [4.69, 9.17) is 5.84 Å². The Bertz CT molecular complexity index is 457. The lowest BCUT2D eigenvalue weighted by atomic mass is 10.2. The van der Waals surface area contributed by atoms with Crippen molar-refractivity contribution in [2.45, 2.75) is 37.6 Å². The van der Waals surface area contributed by atoms with Crippen molar-refractivity contribution in [3.05, 3.63) is 18.5 Å². The van der Waals surface area contributed by atoms with Crippen molar-refractivity contribution in [2.75, 3.05) is 5.43 Å². The zero-order valence-corrected chi connectivity index (χ0v) is 10.8. The van der Waals surface area contributed by atoms with Crippen LogP contribution in [0.5, 0.6) is 0 Å². The van der Waals surface area contributed by atoms with Crippen LogP contribution in [0, 0.1) is 0 Å². The molecule has 0 aliphatic rings. The Hall–Kier alpha value is -1.18. The first-order chi connectivity index (χ1) is 8.05. The molecule has 0 bridgehead atoms. The molecule has 0 aliphatic heterocycles. The first kappa shape index (κ1) is 13.9. The maximum absolute atomic E-state index is 12.1. The summed E-state index contributed by atoms with van der Waals surface area (Å²) in [6, 6.07) is 1.44. The fraction of sp³-hybridized carbons (Fsp3) is 0.500. The second-order valence-electron chi connectivity index (χ2n) is 3.65. The quantitative estimate of drug-likeness (QED) is 0.519. The first-order valence-corrected chi connectivity index (χ1v) is 6.96. The number of nitrogen functional groups attached to an aromatic ring is 1. The summed E-state index contributed by atoms with van der Waals surface area (Å²) in [5.74, 6) is 5.27. The van der Waals surface area contributed by atoms with Gasteiger partial charge in [0.05, 0.1) is 5.69 Å². The maximum Gasteiger partial charge on any atom is 0.244 e. The van der Waals surface area contributed by atoms with E-state index in [1.807, 2.05) is 13.8 Å². The number of sulfonamides is 1. The van der Waals surface area contributed by atoms with Crippen molar-refractivity contribution in [1.82, 2.24) is 9.71 Å². The maximum atomic E-state index is 12.1. The zero-order valence-electron chi connectivity index (χ0n) is 9.97. The van der Waals surface area contributed by atoms with E-state index in [9.17, 15) is 8.42 Å². The van der Waals surface area contributed by atoms with Crippen molar-refractivity contribution in [1.29, 1.82) is 0 Å². The van der Waals surface area contributed by atoms with Gasteiger partial charge in [0.25, 0.3) is 0 Å². The third kappa shape index (κ3) is 3.39. The minimum Gasteiger partial charge on any atom is -0.323 e. The smallest absolute Gasteiger partial charge is 0.244 e. The number of nitrogens with zero attached hydrogens (tertiary/aromatic N) is 1. The Morgan fingerprint density at radius 1 is 1.41 bits per heavy atom. The molecule has 0 aromatic carbocycles. The number of nitrogens with one attached hydrogen (secondary N) is 2. The Morgan fingerprint density at radius 2 is 2.06 bits per heavy atom. The molecule has 0 radical (unpaired) electrons. The average molecular weight is 258 g/mol. The van der Waals surface area contributed by atoms with Crippen LogP contribution in [0.25, 0.3) is 0 Å². The lowest BCUT2D eigenvalue weighted by molar-refractivity contribution is 0.530. The van der Waals surface area contributed by atoms with Crippen molar-refractivity contribution < 1.29 is 8.42 Å². The topological polar surface area (TPSA) is 97.1 Å². The van der Waals surface area contributed by atoms with Crippen LogP contribution in [-0.2, 0) is 10.0 Å². The monoisotopic (exact) mass is 258 g/mol. The van der Waals surface area contributed by atoms with Gasteiger partial charge in [-0.25, -0.2) is 13.1 Å². The Balaban J connectivity index is 3.04. The molecule has 7 heteroatoms. The Labute approximate surface area is 102 Å². The minimum absolute atomic E-state index is 0.0643. The van der Waals surface area contributed by atoms with Gasteiger partial charge >= 0.3 is 0 Å². The van der Waals surface area contributed by atoms with Crippen LogP contribution < -0.4 is 16.0 Å². The van der Waals surface area contributed by atoms with Gasteiger partial charge in [-0.05, 0) is 18.9 Å². The highest BCUT2D eigenvalue weighted by atomic mass is 32.2. The fourth-order valence-electron chi connectivity index (χ4n) is 1.45. The van der Waals surface area contributed by atoms with E-state index in [1.54, 1.807) is 0 Å². The van der Waals surface area contributed by atoms with E-state index in [1.165, 1.54) is 18.5 Å². The average Bonchev–Trinajstić information content (AvgIpc) is 2.35. The van der Waals surface area contributed by atoms with E-state index < -0.39 is 10.0 Å². The molecule has 1 aromatic heterocycles. The van der Waals surface area contributed by atoms with Crippen molar-refractivity contribution >= 4 is 15.7 Å². The molecular weight excluding hydrogens is 240 g/mol. The number of hydrazine groups is 1. The molecule has 0 unspecified atom stereocenters. The second kappa shape index (κ2) is 5.95. The van der Waals surface area contributed by atoms with Gasteiger partial charge in [0.2, 0.25) is 10.0 Å². The van der Waals surface area contributed by atoms with Gasteiger partial charge in [-0.15, -0.1) is 0 Å². The summed E-state index contributed by atoms with van der Waals surface area (Å²) in [5, 5.41) is 0. The number of hydrogen-bond acceptors (Lipinski definition) is 5. The van der Waals surface area contributed by atoms with Gasteiger partial charge in [-0.3, -0.25) is 10.8 Å². The van der Waals surface area contributed by atoms with Crippen LogP contribution >= 0.6 is 0 Å². The van der Waals surface area contributed by atoms with E-state index in [0.717, 1.165) is 12.8 Å². The standard InChI is InChI=1S/C10H18N4O2S/c1-3-8(4-2)14-17(15,16)10-7-12-6-5-9(10)13-11/h5-8,14H,3-4,11H2,1-2H3,(H,12,13). The molecule has 6 nitrogen and oxygen atoms in total. The van der Waals surface area contributed by atoms with Crippen molar-refractivity contribution in [2.24, 2.45) is 5.84 Å². The molecule has 0 spiro atoms. The SMILES string of the molecule is CCC(CC)NS(=O)(=O)c1cnccc1NN. The molecule has 96 valence electrons. The number of nitrogens with two attached hydrogens (primary N) is 1. The summed E-state index contributed by atoms with van der Waals surface area (Å²) in [4.78, 5) is 3.87. The normalized spacial score (nSPS) is 11.8. The molecule has 1 rings (SSSR count). The third-order valence-corrected chi connectivity index (χ3v) is 4.08. The molecule has 0 saturated heterocycles. The summed E-state index contributed by atoms with van der Waals surface area (Å²) < 4.78 is 26.8. The molecule has 0 aliphatic carbocycles. The largest absolute Gasteiger partial charge is 0.323 e. The summed E-state index contributed by atoms with van der Waals surface area (Å²) in [5.41, 5.74) is 2.68. The van der Waals surface area contributed by atoms with Crippen LogP contribution in [0.15, 0.2) is 23.4 Å². The molecule has 1 heterocycles. The molecule has 0 atom stereocenters. The van der Waals surface area contributed by atoms with Gasteiger partial charge in [0, 0.05) is 18.4 Å². The number of aromatic nitrogens is 1. The molecular formula is C10H18N4O2S. The minimum atomic E-state index is -3.58. The third-order valence-electron chi connectivity index (χ3n) is 2.54. The fourth-order valence-corrected chi connectivity index (χ4v) is 2.97. The molecule has 0 amide bonds. The van der Waals surface area contributed by atoms with Gasteiger partial charge in [0.15, 0.2) is 0 Å². The highest BCUT2D eigenvalue weighted by molar-refractivity contribution is 7.89. The lowest BCUT2D eigenvalue weighted by Gasteiger charge is -2.16. The molecule has 17 heavy (non-hydrogen) atoms. The summed E-state index contributed by atoms with van der Waals surface area (Å²) in [7, 11) is -3.58. The number of anilines is 1. The predicted molar refractivity (Wildman–Crippen MR) is 66.7 cm³/mol. The lowest BCUT2D eigenvalue weighted by Crippen LogP contribution is -2.34. The highest BCUT2D eigenvalue weighted by Gasteiger charge is 2.21. The van der Waals surface area contributed by atoms with Gasteiger partial charge in [-0.2, -0.15) is 0 Å². The number of pyridine rings is 1. The summed E-state index contributed by atoms with van der Waals surface area (Å²) in [6.07, 6.45) is 4.23. The van der Waals surface area contributed by atoms with Crippen LogP contribution in [-0.4, -0.2) is 19.4 Å². The summed E-state index contributed by atoms with van der Waals surface area (Å²) in [6.45, 7) is 3.87. The second-order valence-corrected chi connectivity index (χ2v) is 5.33. The first-order valence-electron chi connectivity index (χ1n) is 5.48. The van der Waals surface area contributed by atoms with Crippen molar-refractivity contribution in [3.8, 4) is 0 Å². The zero-order chi connectivity index (χ0) is 12.9.